The van der Waals surface area contributed by atoms with Crippen molar-refractivity contribution in [3.8, 4) is 11.1 Å². The molecule has 1 aromatic heterocycles. The highest BCUT2D eigenvalue weighted by molar-refractivity contribution is 6.30. The van der Waals surface area contributed by atoms with Gasteiger partial charge in [0.25, 0.3) is 0 Å². The first-order valence-electron chi connectivity index (χ1n) is 9.01. The van der Waals surface area contributed by atoms with Crippen LogP contribution in [0.1, 0.15) is 16.8 Å². The van der Waals surface area contributed by atoms with Gasteiger partial charge in [0, 0.05) is 28.0 Å². The van der Waals surface area contributed by atoms with Gasteiger partial charge in [0.2, 0.25) is 0 Å². The maximum absolute atomic E-state index is 13.4. The van der Waals surface area contributed by atoms with Crippen LogP contribution in [0.15, 0.2) is 72.8 Å². The molecule has 1 N–H and O–H groups in total. The third-order valence-corrected chi connectivity index (χ3v) is 5.18. The number of hydrogen-bond donors (Lipinski definition) is 1. The monoisotopic (exact) mass is 415 g/mol. The van der Waals surface area contributed by atoms with E-state index in [1.165, 1.54) is 6.07 Å². The van der Waals surface area contributed by atoms with E-state index < -0.39 is 11.7 Å². The summed E-state index contributed by atoms with van der Waals surface area (Å²) in [5.41, 5.74) is 2.73. The lowest BCUT2D eigenvalue weighted by molar-refractivity contribution is -0.137. The molecule has 0 fully saturated rings. The van der Waals surface area contributed by atoms with Gasteiger partial charge in [-0.3, -0.25) is 0 Å². The number of aromatic nitrogens is 1. The number of nitrogens with zero attached hydrogens (tertiary/aromatic N) is 1. The van der Waals surface area contributed by atoms with E-state index in [1.807, 2.05) is 47.0 Å². The summed E-state index contributed by atoms with van der Waals surface area (Å²) in [6.45, 7) is 0.0754. The van der Waals surface area contributed by atoms with Gasteiger partial charge in [-0.05, 0) is 41.5 Å². The molecule has 0 amide bonds. The molecule has 0 saturated heterocycles. The third kappa shape index (κ3) is 3.76. The van der Waals surface area contributed by atoms with Crippen molar-refractivity contribution in [2.75, 3.05) is 0 Å². The zero-order valence-electron chi connectivity index (χ0n) is 15.2. The van der Waals surface area contributed by atoms with E-state index in [9.17, 15) is 18.3 Å². The summed E-state index contributed by atoms with van der Waals surface area (Å²) in [7, 11) is 0. The molecule has 29 heavy (non-hydrogen) atoms. The highest BCUT2D eigenvalue weighted by Gasteiger charge is 2.31. The summed E-state index contributed by atoms with van der Waals surface area (Å²) in [5.74, 6) is 0. The van der Waals surface area contributed by atoms with Gasteiger partial charge in [0.05, 0.1) is 17.9 Å². The van der Waals surface area contributed by atoms with E-state index in [2.05, 4.69) is 0 Å². The zero-order valence-corrected chi connectivity index (χ0v) is 16.0. The molecule has 0 radical (unpaired) electrons. The van der Waals surface area contributed by atoms with Crippen LogP contribution in [0.3, 0.4) is 0 Å². The van der Waals surface area contributed by atoms with Crippen molar-refractivity contribution < 1.29 is 18.3 Å². The van der Waals surface area contributed by atoms with Crippen molar-refractivity contribution >= 4 is 22.5 Å². The predicted octanol–water partition coefficient (Wildman–Crippen LogP) is 6.52. The van der Waals surface area contributed by atoms with E-state index in [0.717, 1.165) is 23.3 Å². The Labute approximate surface area is 170 Å². The van der Waals surface area contributed by atoms with E-state index in [1.54, 1.807) is 12.1 Å². The number of benzene rings is 3. The second kappa shape index (κ2) is 7.58. The molecule has 1 heterocycles. The first-order valence-corrected chi connectivity index (χ1v) is 9.39. The van der Waals surface area contributed by atoms with Crippen molar-refractivity contribution in [3.63, 3.8) is 0 Å². The largest absolute Gasteiger partial charge is 0.416 e. The highest BCUT2D eigenvalue weighted by Crippen LogP contribution is 2.39. The smallest absolute Gasteiger partial charge is 0.390 e. The number of hydrogen-bond acceptors (Lipinski definition) is 1. The maximum atomic E-state index is 13.4. The molecular weight excluding hydrogens is 399 g/mol. The Morgan fingerprint density at radius 1 is 0.897 bits per heavy atom. The number of alkyl halides is 3. The van der Waals surface area contributed by atoms with Crippen LogP contribution >= 0.6 is 11.6 Å². The lowest BCUT2D eigenvalue weighted by atomic mass is 10.0. The van der Waals surface area contributed by atoms with Crippen LogP contribution in [-0.2, 0) is 19.3 Å². The Morgan fingerprint density at radius 2 is 1.66 bits per heavy atom. The Bertz CT molecular complexity index is 1170. The average Bonchev–Trinajstić information content (AvgIpc) is 3.00. The Kier molecular flexibility index (Phi) is 5.11. The fraction of sp³-hybridized carbons (Fsp3) is 0.130. The SMILES string of the molecule is OCc1c(-c2ccccc2)c2cc(C(F)(F)F)ccc2n1Cc1cccc(Cl)c1. The molecule has 0 aliphatic heterocycles. The van der Waals surface area contributed by atoms with Crippen molar-refractivity contribution in [2.24, 2.45) is 0 Å². The second-order valence-corrected chi connectivity index (χ2v) is 7.23. The van der Waals surface area contributed by atoms with Gasteiger partial charge in [-0.1, -0.05) is 54.1 Å². The highest BCUT2D eigenvalue weighted by atomic mass is 35.5. The summed E-state index contributed by atoms with van der Waals surface area (Å²) < 4.78 is 41.9. The van der Waals surface area contributed by atoms with Crippen LogP contribution in [0.25, 0.3) is 22.0 Å². The van der Waals surface area contributed by atoms with E-state index >= 15 is 0 Å². The van der Waals surface area contributed by atoms with Crippen LogP contribution in [0, 0.1) is 0 Å². The van der Waals surface area contributed by atoms with Gasteiger partial charge in [0.15, 0.2) is 0 Å². The quantitative estimate of drug-likeness (QED) is 0.403. The van der Waals surface area contributed by atoms with Crippen LogP contribution in [-0.4, -0.2) is 9.67 Å². The fourth-order valence-corrected chi connectivity index (χ4v) is 3.89. The van der Waals surface area contributed by atoms with Gasteiger partial charge in [-0.25, -0.2) is 0 Å². The van der Waals surface area contributed by atoms with E-state index in [-0.39, 0.29) is 6.61 Å². The molecule has 0 aliphatic carbocycles. The standard InChI is InChI=1S/C23H17ClF3NO/c24-18-8-4-5-15(11-18)13-28-20-10-9-17(23(25,26)27)12-19(20)22(21(28)14-29)16-6-2-1-3-7-16/h1-12,29H,13-14H2. The van der Waals surface area contributed by atoms with Gasteiger partial charge >= 0.3 is 6.18 Å². The van der Waals surface area contributed by atoms with Crippen LogP contribution in [0.4, 0.5) is 13.2 Å². The minimum absolute atomic E-state index is 0.305. The molecule has 4 aromatic rings. The Hall–Kier alpha value is -2.76. The van der Waals surface area contributed by atoms with Crippen molar-refractivity contribution in [1.82, 2.24) is 4.57 Å². The van der Waals surface area contributed by atoms with Crippen LogP contribution in [0.2, 0.25) is 5.02 Å². The van der Waals surface area contributed by atoms with Gasteiger partial charge in [0.1, 0.15) is 0 Å². The Balaban J connectivity index is 2.00. The summed E-state index contributed by atoms with van der Waals surface area (Å²) in [6.07, 6.45) is -4.45. The van der Waals surface area contributed by atoms with E-state index in [4.69, 9.17) is 11.6 Å². The number of fused-ring (bicyclic) bond motifs is 1. The molecule has 148 valence electrons. The third-order valence-electron chi connectivity index (χ3n) is 4.94. The molecule has 3 aromatic carbocycles. The first kappa shape index (κ1) is 19.6. The topological polar surface area (TPSA) is 25.2 Å². The first-order chi connectivity index (χ1) is 13.9. The molecule has 0 unspecified atom stereocenters. The predicted molar refractivity (Wildman–Crippen MR) is 109 cm³/mol. The summed E-state index contributed by atoms with van der Waals surface area (Å²) in [5, 5.41) is 11.2. The second-order valence-electron chi connectivity index (χ2n) is 6.79. The van der Waals surface area contributed by atoms with Crippen molar-refractivity contribution in [2.45, 2.75) is 19.3 Å². The zero-order chi connectivity index (χ0) is 20.6. The normalized spacial score (nSPS) is 11.9. The molecular formula is C23H17ClF3NO. The number of aliphatic hydroxyl groups excluding tert-OH is 1. The molecule has 0 atom stereocenters. The van der Waals surface area contributed by atoms with Crippen LogP contribution in [0.5, 0.6) is 0 Å². The number of halogens is 4. The molecule has 0 spiro atoms. The molecule has 0 bridgehead atoms. The minimum atomic E-state index is -4.45. The minimum Gasteiger partial charge on any atom is -0.390 e. The molecule has 0 saturated carbocycles. The summed E-state index contributed by atoms with van der Waals surface area (Å²) in [6, 6.07) is 20.1. The average molecular weight is 416 g/mol. The van der Waals surface area contributed by atoms with Crippen molar-refractivity contribution in [3.05, 3.63) is 94.6 Å². The Morgan fingerprint density at radius 3 is 2.31 bits per heavy atom. The molecule has 2 nitrogen and oxygen atoms in total. The summed E-state index contributed by atoms with van der Waals surface area (Å²) >= 11 is 6.09. The maximum Gasteiger partial charge on any atom is 0.416 e. The van der Waals surface area contributed by atoms with Crippen LogP contribution < -0.4 is 0 Å². The van der Waals surface area contributed by atoms with Gasteiger partial charge in [-0.2, -0.15) is 13.2 Å². The lowest BCUT2D eigenvalue weighted by Gasteiger charge is -2.11. The fourth-order valence-electron chi connectivity index (χ4n) is 3.67. The molecule has 4 rings (SSSR count). The van der Waals surface area contributed by atoms with Gasteiger partial charge < -0.3 is 9.67 Å². The lowest BCUT2D eigenvalue weighted by Crippen LogP contribution is -2.06. The van der Waals surface area contributed by atoms with E-state index in [0.29, 0.717) is 33.7 Å². The number of aliphatic hydroxyl groups is 1. The molecule has 6 heteroatoms. The van der Waals surface area contributed by atoms with Gasteiger partial charge in [-0.15, -0.1) is 0 Å². The van der Waals surface area contributed by atoms with Crippen molar-refractivity contribution in [1.29, 1.82) is 0 Å². The molecule has 0 aliphatic rings. The number of rotatable bonds is 4. The summed E-state index contributed by atoms with van der Waals surface area (Å²) in [4.78, 5) is 0.